The Labute approximate surface area is 143 Å². The smallest absolute Gasteiger partial charge is 0.276 e. The molecule has 0 atom stereocenters. The van der Waals surface area contributed by atoms with Gasteiger partial charge >= 0.3 is 0 Å². The first-order valence-corrected chi connectivity index (χ1v) is 9.19. The van der Waals surface area contributed by atoms with E-state index in [-0.39, 0.29) is 4.90 Å². The summed E-state index contributed by atoms with van der Waals surface area (Å²) < 4.78 is 29.8. The largest absolute Gasteiger partial charge is 0.493 e. The second kappa shape index (κ2) is 7.97. The van der Waals surface area contributed by atoms with Gasteiger partial charge in [0.25, 0.3) is 10.0 Å². The molecule has 0 spiro atoms. The lowest BCUT2D eigenvalue weighted by molar-refractivity contribution is 0.271. The van der Waals surface area contributed by atoms with Crippen molar-refractivity contribution in [3.8, 4) is 5.75 Å². The first kappa shape index (κ1) is 18.0. The van der Waals surface area contributed by atoms with E-state index in [1.807, 2.05) is 31.2 Å². The number of sulfonamides is 1. The Balaban J connectivity index is 1.97. The number of hydrazone groups is 1. The van der Waals surface area contributed by atoms with Crippen LogP contribution in [0.1, 0.15) is 25.0 Å². The minimum Gasteiger partial charge on any atom is -0.493 e. The lowest BCUT2D eigenvalue weighted by atomic mass is 10.2. The lowest BCUT2D eigenvalue weighted by Crippen LogP contribution is -2.18. The summed E-state index contributed by atoms with van der Waals surface area (Å²) in [6.45, 7) is 6.72. The molecule has 5 nitrogen and oxygen atoms in total. The highest BCUT2D eigenvalue weighted by atomic mass is 32.2. The minimum absolute atomic E-state index is 0.183. The monoisotopic (exact) mass is 346 g/mol. The second-order valence-corrected chi connectivity index (χ2v) is 7.60. The van der Waals surface area contributed by atoms with E-state index in [0.29, 0.717) is 12.5 Å². The van der Waals surface area contributed by atoms with E-state index >= 15 is 0 Å². The van der Waals surface area contributed by atoms with Gasteiger partial charge in [0.15, 0.2) is 0 Å². The second-order valence-electron chi connectivity index (χ2n) is 5.94. The number of benzene rings is 2. The van der Waals surface area contributed by atoms with Crippen LogP contribution < -0.4 is 9.57 Å². The Morgan fingerprint density at radius 2 is 1.71 bits per heavy atom. The molecule has 128 valence electrons. The Kier molecular flexibility index (Phi) is 5.98. The summed E-state index contributed by atoms with van der Waals surface area (Å²) in [5.74, 6) is 1.24. The van der Waals surface area contributed by atoms with Crippen molar-refractivity contribution in [2.45, 2.75) is 25.7 Å². The van der Waals surface area contributed by atoms with Gasteiger partial charge in [-0.25, -0.2) is 4.83 Å². The van der Waals surface area contributed by atoms with E-state index in [9.17, 15) is 8.42 Å². The first-order valence-electron chi connectivity index (χ1n) is 7.71. The van der Waals surface area contributed by atoms with Crippen molar-refractivity contribution in [1.29, 1.82) is 0 Å². The summed E-state index contributed by atoms with van der Waals surface area (Å²) in [5, 5.41) is 3.81. The van der Waals surface area contributed by atoms with Crippen molar-refractivity contribution in [1.82, 2.24) is 4.83 Å². The number of nitrogens with zero attached hydrogens (tertiary/aromatic N) is 1. The van der Waals surface area contributed by atoms with Crippen LogP contribution in [0.5, 0.6) is 5.75 Å². The molecule has 1 N–H and O–H groups in total. The van der Waals surface area contributed by atoms with E-state index in [2.05, 4.69) is 23.8 Å². The van der Waals surface area contributed by atoms with Gasteiger partial charge in [0.2, 0.25) is 0 Å². The molecule has 24 heavy (non-hydrogen) atoms. The molecule has 0 fully saturated rings. The standard InChI is InChI=1S/C18H22N2O3S/c1-14(2)13-23-17-8-6-16(7-9-17)12-19-20-24(21,22)18-10-4-15(3)5-11-18/h4-12,14,20H,13H2,1-3H3/b19-12-. The Bertz CT molecular complexity index is 780. The maximum absolute atomic E-state index is 12.1. The van der Waals surface area contributed by atoms with Crippen LogP contribution in [0.15, 0.2) is 58.5 Å². The number of rotatable bonds is 7. The molecule has 0 aliphatic rings. The fourth-order valence-corrected chi connectivity index (χ4v) is 2.64. The van der Waals surface area contributed by atoms with Crippen LogP contribution in [0, 0.1) is 12.8 Å². The minimum atomic E-state index is -3.65. The van der Waals surface area contributed by atoms with Gasteiger partial charge < -0.3 is 4.74 Å². The molecule has 0 amide bonds. The van der Waals surface area contributed by atoms with Gasteiger partial charge in [-0.05, 0) is 54.8 Å². The van der Waals surface area contributed by atoms with Crippen LogP contribution >= 0.6 is 0 Å². The van der Waals surface area contributed by atoms with Crippen molar-refractivity contribution in [3.05, 3.63) is 59.7 Å². The Hall–Kier alpha value is -2.34. The maximum atomic E-state index is 12.1. The highest BCUT2D eigenvalue weighted by Crippen LogP contribution is 2.13. The topological polar surface area (TPSA) is 67.8 Å². The molecule has 0 unspecified atom stereocenters. The van der Waals surface area contributed by atoms with E-state index in [1.54, 1.807) is 24.3 Å². The summed E-state index contributed by atoms with van der Waals surface area (Å²) in [6, 6.07) is 13.9. The van der Waals surface area contributed by atoms with Crippen LogP contribution in [0.2, 0.25) is 0 Å². The van der Waals surface area contributed by atoms with Gasteiger partial charge in [-0.2, -0.15) is 13.5 Å². The molecule has 0 bridgehead atoms. The van der Waals surface area contributed by atoms with Crippen molar-refractivity contribution in [2.24, 2.45) is 11.0 Å². The van der Waals surface area contributed by atoms with Crippen molar-refractivity contribution in [2.75, 3.05) is 6.61 Å². The van der Waals surface area contributed by atoms with E-state index in [0.717, 1.165) is 16.9 Å². The highest BCUT2D eigenvalue weighted by Gasteiger charge is 2.11. The van der Waals surface area contributed by atoms with Gasteiger partial charge in [-0.3, -0.25) is 0 Å². The molecule has 0 aliphatic heterocycles. The molecule has 0 aliphatic carbocycles. The quantitative estimate of drug-likeness (QED) is 0.617. The molecule has 6 heteroatoms. The third-order valence-electron chi connectivity index (χ3n) is 3.18. The van der Waals surface area contributed by atoms with Gasteiger partial charge in [-0.15, -0.1) is 0 Å². The molecule has 0 saturated carbocycles. The summed E-state index contributed by atoms with van der Waals surface area (Å²) in [7, 11) is -3.65. The lowest BCUT2D eigenvalue weighted by Gasteiger charge is -2.08. The molecule has 0 radical (unpaired) electrons. The zero-order chi connectivity index (χ0) is 17.6. The predicted molar refractivity (Wildman–Crippen MR) is 95.9 cm³/mol. The average Bonchev–Trinajstić information content (AvgIpc) is 2.54. The molecular formula is C18H22N2O3S. The molecule has 0 saturated heterocycles. The van der Waals surface area contributed by atoms with E-state index in [4.69, 9.17) is 4.74 Å². The van der Waals surface area contributed by atoms with Crippen molar-refractivity contribution < 1.29 is 13.2 Å². The summed E-state index contributed by atoms with van der Waals surface area (Å²) in [6.07, 6.45) is 1.46. The summed E-state index contributed by atoms with van der Waals surface area (Å²) in [4.78, 5) is 2.39. The molecule has 0 aromatic heterocycles. The number of ether oxygens (including phenoxy) is 1. The fourth-order valence-electron chi connectivity index (χ4n) is 1.85. The van der Waals surface area contributed by atoms with Gasteiger partial charge in [-0.1, -0.05) is 31.5 Å². The van der Waals surface area contributed by atoms with Crippen molar-refractivity contribution in [3.63, 3.8) is 0 Å². The number of nitrogens with one attached hydrogen (secondary N) is 1. The Morgan fingerprint density at radius 1 is 1.08 bits per heavy atom. The third-order valence-corrected chi connectivity index (χ3v) is 4.42. The highest BCUT2D eigenvalue weighted by molar-refractivity contribution is 7.89. The van der Waals surface area contributed by atoms with Crippen LogP contribution in [0.3, 0.4) is 0 Å². The fraction of sp³-hybridized carbons (Fsp3) is 0.278. The maximum Gasteiger partial charge on any atom is 0.276 e. The molecule has 2 rings (SSSR count). The normalized spacial score (nSPS) is 11.8. The zero-order valence-electron chi connectivity index (χ0n) is 14.1. The van der Waals surface area contributed by atoms with Crippen molar-refractivity contribution >= 4 is 16.2 Å². The third kappa shape index (κ3) is 5.38. The van der Waals surface area contributed by atoms with Crippen LogP contribution in [-0.2, 0) is 10.0 Å². The first-order chi connectivity index (χ1) is 11.4. The molecular weight excluding hydrogens is 324 g/mol. The molecule has 2 aromatic carbocycles. The summed E-state index contributed by atoms with van der Waals surface area (Å²) in [5.41, 5.74) is 1.77. The van der Waals surface area contributed by atoms with Crippen LogP contribution in [0.4, 0.5) is 0 Å². The predicted octanol–water partition coefficient (Wildman–Crippen LogP) is 3.34. The molecule has 2 aromatic rings. The number of aryl methyl sites for hydroxylation is 1. The number of hydrogen-bond donors (Lipinski definition) is 1. The van der Waals surface area contributed by atoms with Crippen LogP contribution in [0.25, 0.3) is 0 Å². The van der Waals surface area contributed by atoms with E-state index < -0.39 is 10.0 Å². The van der Waals surface area contributed by atoms with Crippen LogP contribution in [-0.4, -0.2) is 21.2 Å². The molecule has 0 heterocycles. The SMILES string of the molecule is Cc1ccc(S(=O)(=O)N/N=C\c2ccc(OCC(C)C)cc2)cc1. The average molecular weight is 346 g/mol. The van der Waals surface area contributed by atoms with Gasteiger partial charge in [0.1, 0.15) is 5.75 Å². The van der Waals surface area contributed by atoms with Gasteiger partial charge in [0.05, 0.1) is 17.7 Å². The number of hydrogen-bond acceptors (Lipinski definition) is 4. The van der Waals surface area contributed by atoms with E-state index in [1.165, 1.54) is 6.21 Å². The summed E-state index contributed by atoms with van der Waals surface area (Å²) >= 11 is 0. The zero-order valence-corrected chi connectivity index (χ0v) is 14.9. The Morgan fingerprint density at radius 3 is 2.29 bits per heavy atom. The van der Waals surface area contributed by atoms with Gasteiger partial charge in [0, 0.05) is 0 Å².